The summed E-state index contributed by atoms with van der Waals surface area (Å²) >= 11 is 0. The molecule has 3 heterocycles. The van der Waals surface area contributed by atoms with Crippen molar-refractivity contribution in [2.45, 2.75) is 44.8 Å². The van der Waals surface area contributed by atoms with Gasteiger partial charge in [0.2, 0.25) is 5.91 Å². The molecule has 1 aliphatic rings. The Balaban J connectivity index is 1.22. The SMILES string of the molecule is NCc1nccn2c(C3CCC3)nc(-c3cccc(OCc4ccccc4NC(=O)Cc4ccccn4)c3)c12. The van der Waals surface area contributed by atoms with Crippen molar-refractivity contribution in [2.24, 2.45) is 5.73 Å². The number of nitrogens with two attached hydrogens (primary N) is 1. The maximum atomic E-state index is 12.6. The molecule has 39 heavy (non-hydrogen) atoms. The number of para-hydroxylation sites is 1. The van der Waals surface area contributed by atoms with E-state index >= 15 is 0 Å². The standard InChI is InChI=1S/C31H30N6O2/c32-19-27-30-29(36-31(21-8-5-9-21)37(30)16-15-34-27)22-10-6-12-25(17-22)39-20-23-7-1-2-13-26(23)35-28(38)18-24-11-3-4-14-33-24/h1-4,6-7,10-17,21H,5,8-9,18-20,32H2,(H,35,38). The first-order valence-electron chi connectivity index (χ1n) is 13.3. The van der Waals surface area contributed by atoms with E-state index in [9.17, 15) is 4.79 Å². The number of aromatic nitrogens is 4. The molecule has 1 amide bonds. The zero-order valence-electron chi connectivity index (χ0n) is 21.6. The molecule has 0 spiro atoms. The maximum Gasteiger partial charge on any atom is 0.230 e. The fourth-order valence-corrected chi connectivity index (χ4v) is 4.96. The molecule has 1 aliphatic carbocycles. The number of ether oxygens (including phenoxy) is 1. The molecule has 0 aliphatic heterocycles. The van der Waals surface area contributed by atoms with Crippen LogP contribution in [0, 0.1) is 0 Å². The second-order valence-corrected chi connectivity index (χ2v) is 9.76. The van der Waals surface area contributed by atoms with Gasteiger partial charge in [-0.15, -0.1) is 0 Å². The summed E-state index contributed by atoms with van der Waals surface area (Å²) in [5, 5.41) is 3.00. The van der Waals surface area contributed by atoms with Crippen molar-refractivity contribution < 1.29 is 9.53 Å². The van der Waals surface area contributed by atoms with E-state index in [4.69, 9.17) is 15.5 Å². The molecule has 0 atom stereocenters. The summed E-state index contributed by atoms with van der Waals surface area (Å²) in [5.41, 5.74) is 12.0. The smallest absolute Gasteiger partial charge is 0.230 e. The highest BCUT2D eigenvalue weighted by molar-refractivity contribution is 5.92. The van der Waals surface area contributed by atoms with Gasteiger partial charge in [0.1, 0.15) is 18.2 Å². The summed E-state index contributed by atoms with van der Waals surface area (Å²) in [6.07, 6.45) is 9.22. The van der Waals surface area contributed by atoms with Gasteiger partial charge in [-0.25, -0.2) is 4.98 Å². The third-order valence-electron chi connectivity index (χ3n) is 7.18. The van der Waals surface area contributed by atoms with Gasteiger partial charge in [0.15, 0.2) is 0 Å². The number of nitrogens with zero attached hydrogens (tertiary/aromatic N) is 4. The van der Waals surface area contributed by atoms with Crippen LogP contribution < -0.4 is 15.8 Å². The van der Waals surface area contributed by atoms with Crippen molar-refractivity contribution in [1.29, 1.82) is 0 Å². The van der Waals surface area contributed by atoms with Crippen molar-refractivity contribution in [2.75, 3.05) is 5.32 Å². The number of rotatable bonds is 9. The van der Waals surface area contributed by atoms with Crippen LogP contribution in [0.2, 0.25) is 0 Å². The number of pyridine rings is 1. The number of carbonyl (C=O) groups is 1. The monoisotopic (exact) mass is 518 g/mol. The molecule has 196 valence electrons. The first-order chi connectivity index (χ1) is 19.2. The van der Waals surface area contributed by atoms with Crippen LogP contribution in [0.15, 0.2) is 85.3 Å². The number of hydrogen-bond acceptors (Lipinski definition) is 6. The van der Waals surface area contributed by atoms with Gasteiger partial charge in [-0.3, -0.25) is 19.2 Å². The lowest BCUT2D eigenvalue weighted by Crippen LogP contribution is -2.16. The number of amides is 1. The van der Waals surface area contributed by atoms with Crippen LogP contribution in [0.5, 0.6) is 5.75 Å². The minimum atomic E-state index is -0.124. The molecule has 2 aromatic carbocycles. The van der Waals surface area contributed by atoms with Crippen molar-refractivity contribution in [3.05, 3.63) is 108 Å². The summed E-state index contributed by atoms with van der Waals surface area (Å²) in [6.45, 7) is 0.641. The van der Waals surface area contributed by atoms with E-state index in [0.717, 1.165) is 58.1 Å². The Morgan fingerprint density at radius 1 is 1.03 bits per heavy atom. The summed E-state index contributed by atoms with van der Waals surface area (Å²) in [5.74, 6) is 2.13. The molecule has 0 unspecified atom stereocenters. The first kappa shape index (κ1) is 24.8. The van der Waals surface area contributed by atoms with E-state index in [-0.39, 0.29) is 12.3 Å². The highest BCUT2D eigenvalue weighted by Gasteiger charge is 2.27. The van der Waals surface area contributed by atoms with Gasteiger partial charge in [-0.2, -0.15) is 0 Å². The molecule has 8 nitrogen and oxygen atoms in total. The van der Waals surface area contributed by atoms with Crippen molar-refractivity contribution in [3.8, 4) is 17.0 Å². The van der Waals surface area contributed by atoms with E-state index in [1.54, 1.807) is 12.4 Å². The van der Waals surface area contributed by atoms with Gasteiger partial charge < -0.3 is 15.8 Å². The van der Waals surface area contributed by atoms with Crippen LogP contribution in [0.25, 0.3) is 16.8 Å². The predicted octanol–water partition coefficient (Wildman–Crippen LogP) is 5.28. The van der Waals surface area contributed by atoms with E-state index in [2.05, 4.69) is 19.7 Å². The third kappa shape index (κ3) is 5.24. The predicted molar refractivity (Wildman–Crippen MR) is 150 cm³/mol. The van der Waals surface area contributed by atoms with Crippen LogP contribution in [-0.4, -0.2) is 25.3 Å². The molecule has 0 radical (unpaired) electrons. The first-order valence-corrected chi connectivity index (χ1v) is 13.3. The Morgan fingerprint density at radius 3 is 2.69 bits per heavy atom. The molecule has 0 saturated heterocycles. The normalized spacial score (nSPS) is 13.3. The highest BCUT2D eigenvalue weighted by atomic mass is 16.5. The van der Waals surface area contributed by atoms with Gasteiger partial charge >= 0.3 is 0 Å². The Morgan fingerprint density at radius 2 is 1.90 bits per heavy atom. The number of imidazole rings is 1. The molecule has 6 rings (SSSR count). The summed E-state index contributed by atoms with van der Waals surface area (Å²) in [6, 6.07) is 21.2. The van der Waals surface area contributed by atoms with Crippen LogP contribution in [0.1, 0.15) is 48.0 Å². The van der Waals surface area contributed by atoms with Crippen molar-refractivity contribution in [3.63, 3.8) is 0 Å². The molecule has 5 aromatic rings. The van der Waals surface area contributed by atoms with Gasteiger partial charge in [0.05, 0.1) is 23.3 Å². The van der Waals surface area contributed by atoms with Gasteiger partial charge in [0.25, 0.3) is 0 Å². The quantitative estimate of drug-likeness (QED) is 0.275. The number of benzene rings is 2. The van der Waals surface area contributed by atoms with Crippen LogP contribution in [0.3, 0.4) is 0 Å². The topological polar surface area (TPSA) is 107 Å². The largest absolute Gasteiger partial charge is 0.489 e. The summed E-state index contributed by atoms with van der Waals surface area (Å²) < 4.78 is 8.37. The van der Waals surface area contributed by atoms with E-state index < -0.39 is 0 Å². The molecule has 1 saturated carbocycles. The molecule has 8 heteroatoms. The van der Waals surface area contributed by atoms with Gasteiger partial charge in [-0.05, 0) is 43.2 Å². The fourth-order valence-electron chi connectivity index (χ4n) is 4.96. The zero-order chi connectivity index (χ0) is 26.6. The van der Waals surface area contributed by atoms with Crippen molar-refractivity contribution >= 4 is 17.1 Å². The van der Waals surface area contributed by atoms with Gasteiger partial charge in [-0.1, -0.05) is 42.8 Å². The Kier molecular flexibility index (Phi) is 7.01. The number of hydrogen-bond donors (Lipinski definition) is 2. The summed E-state index contributed by atoms with van der Waals surface area (Å²) in [4.78, 5) is 26.5. The average Bonchev–Trinajstić information content (AvgIpc) is 3.32. The summed E-state index contributed by atoms with van der Waals surface area (Å²) in [7, 11) is 0. The second-order valence-electron chi connectivity index (χ2n) is 9.76. The number of anilines is 1. The van der Waals surface area contributed by atoms with Crippen LogP contribution in [-0.2, 0) is 24.4 Å². The number of nitrogens with one attached hydrogen (secondary N) is 1. The molecule has 1 fully saturated rings. The molecule has 3 aromatic heterocycles. The fraction of sp³-hybridized carbons (Fsp3) is 0.226. The molecule has 3 N–H and O–H groups in total. The van der Waals surface area contributed by atoms with E-state index in [0.29, 0.717) is 24.8 Å². The Bertz CT molecular complexity index is 1610. The third-order valence-corrected chi connectivity index (χ3v) is 7.18. The lowest BCUT2D eigenvalue weighted by molar-refractivity contribution is -0.115. The van der Waals surface area contributed by atoms with Crippen LogP contribution >= 0.6 is 0 Å². The molecule has 0 bridgehead atoms. The Hall–Kier alpha value is -4.56. The van der Waals surface area contributed by atoms with Gasteiger partial charge in [0, 0.05) is 53.6 Å². The highest BCUT2D eigenvalue weighted by Crippen LogP contribution is 2.39. The number of carbonyl (C=O) groups excluding carboxylic acids is 1. The molecular formula is C31H30N6O2. The zero-order valence-corrected chi connectivity index (χ0v) is 21.6. The second kappa shape index (κ2) is 11.0. The minimum Gasteiger partial charge on any atom is -0.489 e. The maximum absolute atomic E-state index is 12.6. The molecular weight excluding hydrogens is 488 g/mol. The van der Waals surface area contributed by atoms with E-state index in [1.165, 1.54) is 6.42 Å². The lowest BCUT2D eigenvalue weighted by Gasteiger charge is -2.23. The van der Waals surface area contributed by atoms with Crippen LogP contribution in [0.4, 0.5) is 5.69 Å². The number of fused-ring (bicyclic) bond motifs is 1. The Labute approximate surface area is 226 Å². The lowest BCUT2D eigenvalue weighted by atomic mass is 9.85. The van der Waals surface area contributed by atoms with E-state index in [1.807, 2.05) is 72.9 Å². The average molecular weight is 519 g/mol. The minimum absolute atomic E-state index is 0.124. The van der Waals surface area contributed by atoms with Crippen molar-refractivity contribution in [1.82, 2.24) is 19.4 Å².